The Hall–Kier alpha value is -1.53. The summed E-state index contributed by atoms with van der Waals surface area (Å²) in [5.41, 5.74) is 0.668. The van der Waals surface area contributed by atoms with E-state index in [1.807, 2.05) is 12.1 Å². The van der Waals surface area contributed by atoms with Crippen molar-refractivity contribution in [2.24, 2.45) is 0 Å². The second-order valence-electron chi connectivity index (χ2n) is 4.97. The predicted octanol–water partition coefficient (Wildman–Crippen LogP) is 3.45. The Morgan fingerprint density at radius 3 is 2.42 bits per heavy atom. The van der Waals surface area contributed by atoms with Crippen molar-refractivity contribution in [1.29, 1.82) is 5.26 Å². The monoisotopic (exact) mass is 260 g/mol. The van der Waals surface area contributed by atoms with Gasteiger partial charge >= 0.3 is 0 Å². The topological polar surface area (TPSA) is 36.3 Å². The Kier molecular flexibility index (Phi) is 6.99. The first-order chi connectivity index (χ1) is 9.17. The highest BCUT2D eigenvalue weighted by molar-refractivity contribution is 5.34. The highest BCUT2D eigenvalue weighted by Gasteiger charge is 2.07. The lowest BCUT2D eigenvalue weighted by Crippen LogP contribution is -2.33. The predicted molar refractivity (Wildman–Crippen MR) is 78.3 cm³/mol. The number of ether oxygens (including phenoxy) is 1. The van der Waals surface area contributed by atoms with Gasteiger partial charge in [0.25, 0.3) is 0 Å². The molecule has 0 radical (unpaired) electrons. The van der Waals surface area contributed by atoms with Crippen LogP contribution in [0.1, 0.15) is 39.2 Å². The number of benzene rings is 1. The van der Waals surface area contributed by atoms with E-state index in [0.717, 1.165) is 31.9 Å². The lowest BCUT2D eigenvalue weighted by atomic mass is 10.2. The zero-order valence-electron chi connectivity index (χ0n) is 12.2. The minimum Gasteiger partial charge on any atom is -0.494 e. The summed E-state index contributed by atoms with van der Waals surface area (Å²) in [6.45, 7) is 9.62. The van der Waals surface area contributed by atoms with Crippen molar-refractivity contribution >= 4 is 0 Å². The van der Waals surface area contributed by atoms with E-state index >= 15 is 0 Å². The van der Waals surface area contributed by atoms with Gasteiger partial charge in [-0.2, -0.15) is 5.26 Å². The molecule has 3 heteroatoms. The molecular formula is C16H24N2O. The van der Waals surface area contributed by atoms with Crippen LogP contribution in [0.15, 0.2) is 24.3 Å². The third kappa shape index (κ3) is 5.76. The van der Waals surface area contributed by atoms with Gasteiger partial charge in [0.15, 0.2) is 0 Å². The minimum absolute atomic E-state index is 0.592. The molecule has 19 heavy (non-hydrogen) atoms. The van der Waals surface area contributed by atoms with E-state index in [9.17, 15) is 0 Å². The first-order valence-electron chi connectivity index (χ1n) is 7.04. The van der Waals surface area contributed by atoms with E-state index in [-0.39, 0.29) is 0 Å². The Morgan fingerprint density at radius 2 is 1.89 bits per heavy atom. The molecule has 0 bridgehead atoms. The van der Waals surface area contributed by atoms with Crippen molar-refractivity contribution < 1.29 is 4.74 Å². The number of nitriles is 1. The lowest BCUT2D eigenvalue weighted by molar-refractivity contribution is 0.198. The summed E-state index contributed by atoms with van der Waals surface area (Å²) in [6, 6.07) is 9.97. The van der Waals surface area contributed by atoms with Crippen LogP contribution in [0.2, 0.25) is 0 Å². The molecule has 0 saturated carbocycles. The maximum absolute atomic E-state index is 8.71. The molecule has 3 nitrogen and oxygen atoms in total. The molecule has 0 N–H and O–H groups in total. The molecule has 1 rings (SSSR count). The maximum Gasteiger partial charge on any atom is 0.119 e. The van der Waals surface area contributed by atoms with Crippen molar-refractivity contribution in [3.05, 3.63) is 29.8 Å². The van der Waals surface area contributed by atoms with Gasteiger partial charge in [-0.1, -0.05) is 6.92 Å². The van der Waals surface area contributed by atoms with Crippen LogP contribution in [0.5, 0.6) is 5.75 Å². The van der Waals surface area contributed by atoms with Gasteiger partial charge in [0.1, 0.15) is 5.75 Å². The summed E-state index contributed by atoms with van der Waals surface area (Å²) < 4.78 is 5.68. The standard InChI is InChI=1S/C16H24N2O/c1-4-10-18(14(2)3)11-5-12-19-16-8-6-15(13-17)7-9-16/h6-9,14H,4-5,10-12H2,1-3H3. The quantitative estimate of drug-likeness (QED) is 0.672. The van der Waals surface area contributed by atoms with E-state index in [1.165, 1.54) is 6.42 Å². The molecule has 1 aromatic rings. The molecule has 0 fully saturated rings. The lowest BCUT2D eigenvalue weighted by Gasteiger charge is -2.25. The van der Waals surface area contributed by atoms with Gasteiger partial charge in [-0.3, -0.25) is 0 Å². The third-order valence-electron chi connectivity index (χ3n) is 3.08. The van der Waals surface area contributed by atoms with E-state index in [1.54, 1.807) is 12.1 Å². The first kappa shape index (κ1) is 15.5. The number of nitrogens with zero attached hydrogens (tertiary/aromatic N) is 2. The number of rotatable bonds is 8. The fourth-order valence-corrected chi connectivity index (χ4v) is 2.00. The molecule has 0 aromatic heterocycles. The van der Waals surface area contributed by atoms with Gasteiger partial charge in [-0.25, -0.2) is 0 Å². The smallest absolute Gasteiger partial charge is 0.119 e. The van der Waals surface area contributed by atoms with Crippen LogP contribution in [0, 0.1) is 11.3 Å². The van der Waals surface area contributed by atoms with Gasteiger partial charge < -0.3 is 9.64 Å². The summed E-state index contributed by atoms with van der Waals surface area (Å²) in [4.78, 5) is 2.47. The SMILES string of the molecule is CCCN(CCCOc1ccc(C#N)cc1)C(C)C. The summed E-state index contributed by atoms with van der Waals surface area (Å²) in [5, 5.41) is 8.71. The maximum atomic E-state index is 8.71. The van der Waals surface area contributed by atoms with Crippen LogP contribution in [-0.4, -0.2) is 30.6 Å². The average Bonchev–Trinajstić information content (AvgIpc) is 2.42. The van der Waals surface area contributed by atoms with E-state index < -0.39 is 0 Å². The molecule has 0 amide bonds. The summed E-state index contributed by atoms with van der Waals surface area (Å²) in [5.74, 6) is 0.839. The van der Waals surface area contributed by atoms with Crippen LogP contribution < -0.4 is 4.74 Å². The second kappa shape index (κ2) is 8.55. The van der Waals surface area contributed by atoms with Gasteiger partial charge in [0.2, 0.25) is 0 Å². The van der Waals surface area contributed by atoms with Crippen LogP contribution >= 0.6 is 0 Å². The van der Waals surface area contributed by atoms with E-state index in [0.29, 0.717) is 11.6 Å². The zero-order valence-corrected chi connectivity index (χ0v) is 12.2. The molecule has 0 aliphatic carbocycles. The van der Waals surface area contributed by atoms with Crippen molar-refractivity contribution in [1.82, 2.24) is 4.90 Å². The Labute approximate surface area is 116 Å². The fraction of sp³-hybridized carbons (Fsp3) is 0.562. The molecule has 0 unspecified atom stereocenters. The molecule has 0 atom stereocenters. The largest absolute Gasteiger partial charge is 0.494 e. The molecule has 0 spiro atoms. The van der Waals surface area contributed by atoms with Gasteiger partial charge in [-0.15, -0.1) is 0 Å². The van der Waals surface area contributed by atoms with Gasteiger partial charge in [0, 0.05) is 12.6 Å². The van der Waals surface area contributed by atoms with Crippen molar-refractivity contribution in [2.75, 3.05) is 19.7 Å². The highest BCUT2D eigenvalue weighted by atomic mass is 16.5. The molecule has 0 aliphatic rings. The Bertz CT molecular complexity index is 392. The molecular weight excluding hydrogens is 236 g/mol. The van der Waals surface area contributed by atoms with Crippen LogP contribution in [0.4, 0.5) is 0 Å². The fourth-order valence-electron chi connectivity index (χ4n) is 2.00. The van der Waals surface area contributed by atoms with E-state index in [4.69, 9.17) is 10.00 Å². The third-order valence-corrected chi connectivity index (χ3v) is 3.08. The van der Waals surface area contributed by atoms with Crippen molar-refractivity contribution in [3.63, 3.8) is 0 Å². The summed E-state index contributed by atoms with van der Waals surface area (Å²) in [6.07, 6.45) is 2.22. The second-order valence-corrected chi connectivity index (χ2v) is 4.97. The van der Waals surface area contributed by atoms with Crippen molar-refractivity contribution in [2.45, 2.75) is 39.7 Å². The molecule has 0 heterocycles. The highest BCUT2D eigenvalue weighted by Crippen LogP contribution is 2.12. The Morgan fingerprint density at radius 1 is 1.21 bits per heavy atom. The summed E-state index contributed by atoms with van der Waals surface area (Å²) >= 11 is 0. The number of hydrogen-bond acceptors (Lipinski definition) is 3. The average molecular weight is 260 g/mol. The van der Waals surface area contributed by atoms with Crippen LogP contribution in [0.3, 0.4) is 0 Å². The van der Waals surface area contributed by atoms with Gasteiger partial charge in [0.05, 0.1) is 18.2 Å². The molecule has 104 valence electrons. The molecule has 0 saturated heterocycles. The number of hydrogen-bond donors (Lipinski definition) is 0. The van der Waals surface area contributed by atoms with E-state index in [2.05, 4.69) is 31.7 Å². The summed E-state index contributed by atoms with van der Waals surface area (Å²) in [7, 11) is 0. The minimum atomic E-state index is 0.592. The van der Waals surface area contributed by atoms with Crippen LogP contribution in [-0.2, 0) is 0 Å². The van der Waals surface area contributed by atoms with Gasteiger partial charge in [-0.05, 0) is 57.5 Å². The molecule has 0 aliphatic heterocycles. The molecule has 1 aromatic carbocycles. The normalized spacial score (nSPS) is 10.7. The Balaban J connectivity index is 2.27. The zero-order chi connectivity index (χ0) is 14.1. The van der Waals surface area contributed by atoms with Crippen LogP contribution in [0.25, 0.3) is 0 Å². The first-order valence-corrected chi connectivity index (χ1v) is 7.04. The van der Waals surface area contributed by atoms with Crippen molar-refractivity contribution in [3.8, 4) is 11.8 Å².